The molecular weight excluding hydrogens is 500 g/mol. The summed E-state index contributed by atoms with van der Waals surface area (Å²) in [5, 5.41) is 3.56. The van der Waals surface area contributed by atoms with Crippen LogP contribution >= 0.6 is 0 Å². The van der Waals surface area contributed by atoms with E-state index in [1.807, 2.05) is 0 Å². The highest BCUT2D eigenvalue weighted by Gasteiger charge is 2.22. The Kier molecular flexibility index (Phi) is 4.70. The first kappa shape index (κ1) is 22.5. The predicted octanol–water partition coefficient (Wildman–Crippen LogP) is 9.42. The average Bonchev–Trinajstić information content (AvgIpc) is 3.68. The normalized spacial score (nSPS) is 13.7. The van der Waals surface area contributed by atoms with E-state index in [-0.39, 0.29) is 0 Å². The summed E-state index contributed by atoms with van der Waals surface area (Å²) in [6.07, 6.45) is 8.73. The van der Waals surface area contributed by atoms with Crippen LogP contribution in [0.5, 0.6) is 0 Å². The summed E-state index contributed by atoms with van der Waals surface area (Å²) in [6, 6.07) is 41.3. The molecule has 4 nitrogen and oxygen atoms in total. The van der Waals surface area contributed by atoms with Gasteiger partial charge in [-0.2, -0.15) is 0 Å². The van der Waals surface area contributed by atoms with Gasteiger partial charge in [0.25, 0.3) is 0 Å². The van der Waals surface area contributed by atoms with E-state index < -0.39 is 0 Å². The number of nitrogens with zero attached hydrogens (tertiary/aromatic N) is 4. The summed E-state index contributed by atoms with van der Waals surface area (Å²) in [4.78, 5) is 5.46. The fraction of sp³-hybridized carbons (Fsp3) is 0.0541. The number of hydrogen-bond acceptors (Lipinski definition) is 1. The third-order valence-electron chi connectivity index (χ3n) is 8.48. The first-order valence-electron chi connectivity index (χ1n) is 14.2. The molecule has 4 heterocycles. The number of hydrogen-bond donors (Lipinski definition) is 0. The Morgan fingerprint density at radius 2 is 1.17 bits per heavy atom. The topological polar surface area (TPSA) is 27.7 Å². The highest BCUT2D eigenvalue weighted by Crippen LogP contribution is 2.39. The van der Waals surface area contributed by atoms with Crippen LogP contribution in [0.1, 0.15) is 12.8 Å². The Labute approximate surface area is 236 Å². The van der Waals surface area contributed by atoms with Crippen molar-refractivity contribution in [2.45, 2.75) is 12.8 Å². The zero-order valence-electron chi connectivity index (χ0n) is 22.4. The van der Waals surface area contributed by atoms with Crippen LogP contribution in [0, 0.1) is 0 Å². The molecule has 194 valence electrons. The van der Waals surface area contributed by atoms with Crippen LogP contribution in [0.25, 0.3) is 72.0 Å². The van der Waals surface area contributed by atoms with Gasteiger partial charge in [-0.15, -0.1) is 0 Å². The fourth-order valence-electron chi connectivity index (χ4n) is 6.71. The minimum atomic E-state index is 1.01. The second kappa shape index (κ2) is 8.57. The van der Waals surface area contributed by atoms with Crippen molar-refractivity contribution in [1.82, 2.24) is 18.7 Å². The van der Waals surface area contributed by atoms with E-state index in [0.717, 1.165) is 57.3 Å². The van der Waals surface area contributed by atoms with Gasteiger partial charge >= 0.3 is 0 Å². The van der Waals surface area contributed by atoms with Gasteiger partial charge < -0.3 is 4.57 Å². The lowest BCUT2D eigenvalue weighted by molar-refractivity contribution is 0.978. The van der Waals surface area contributed by atoms with E-state index in [1.54, 1.807) is 0 Å². The Hall–Kier alpha value is -5.35. The molecule has 0 amide bonds. The minimum Gasteiger partial charge on any atom is -0.311 e. The van der Waals surface area contributed by atoms with Crippen molar-refractivity contribution >= 4 is 60.5 Å². The van der Waals surface area contributed by atoms with Crippen LogP contribution in [0.2, 0.25) is 0 Å². The lowest BCUT2D eigenvalue weighted by Gasteiger charge is -2.15. The maximum Gasteiger partial charge on any atom is 0.123 e. The van der Waals surface area contributed by atoms with E-state index in [1.165, 1.54) is 27.5 Å². The van der Waals surface area contributed by atoms with Gasteiger partial charge in [-0.3, -0.25) is 9.13 Å². The average molecular weight is 527 g/mol. The number of benzene rings is 4. The SMILES string of the molecule is C1=CCCC(n2c3ccccc3c3nc4c5ccccc5n(-c5cc6ccccc6n5-c5ccccc5)c4cc32)=C1. The van der Waals surface area contributed by atoms with Crippen LogP contribution < -0.4 is 0 Å². The Bertz CT molecular complexity index is 2360. The lowest BCUT2D eigenvalue weighted by Crippen LogP contribution is -2.04. The summed E-state index contributed by atoms with van der Waals surface area (Å²) in [5.74, 6) is 1.10. The molecule has 0 radical (unpaired) electrons. The molecule has 0 bridgehead atoms. The second-order valence-electron chi connectivity index (χ2n) is 10.8. The van der Waals surface area contributed by atoms with Gasteiger partial charge in [-0.05, 0) is 61.4 Å². The maximum atomic E-state index is 5.46. The molecule has 1 aliphatic carbocycles. The molecule has 0 fully saturated rings. The zero-order valence-corrected chi connectivity index (χ0v) is 22.4. The molecule has 0 N–H and O–H groups in total. The van der Waals surface area contributed by atoms with Crippen molar-refractivity contribution in [2.24, 2.45) is 0 Å². The van der Waals surface area contributed by atoms with Crippen molar-refractivity contribution < 1.29 is 0 Å². The highest BCUT2D eigenvalue weighted by atomic mass is 15.2. The zero-order chi connectivity index (χ0) is 26.9. The third-order valence-corrected chi connectivity index (χ3v) is 8.48. The van der Waals surface area contributed by atoms with Crippen LogP contribution in [0.3, 0.4) is 0 Å². The molecule has 4 aromatic heterocycles. The maximum absolute atomic E-state index is 5.46. The van der Waals surface area contributed by atoms with Crippen molar-refractivity contribution in [3.8, 4) is 11.5 Å². The third kappa shape index (κ3) is 3.19. The number of para-hydroxylation sites is 4. The lowest BCUT2D eigenvalue weighted by atomic mass is 10.1. The Morgan fingerprint density at radius 3 is 1.90 bits per heavy atom. The van der Waals surface area contributed by atoms with Crippen LogP contribution in [-0.4, -0.2) is 18.7 Å². The second-order valence-corrected chi connectivity index (χ2v) is 10.8. The van der Waals surface area contributed by atoms with Gasteiger partial charge in [0.1, 0.15) is 5.82 Å². The number of pyridine rings is 1. The van der Waals surface area contributed by atoms with Crippen molar-refractivity contribution in [1.29, 1.82) is 0 Å². The fourth-order valence-corrected chi connectivity index (χ4v) is 6.71. The first-order valence-corrected chi connectivity index (χ1v) is 14.2. The summed E-state index contributed by atoms with van der Waals surface area (Å²) in [6.45, 7) is 0. The molecule has 4 aromatic carbocycles. The Morgan fingerprint density at radius 1 is 0.537 bits per heavy atom. The van der Waals surface area contributed by atoms with Crippen LogP contribution in [-0.2, 0) is 0 Å². The molecule has 0 saturated heterocycles. The number of aromatic nitrogens is 4. The van der Waals surface area contributed by atoms with Gasteiger partial charge in [0.2, 0.25) is 0 Å². The van der Waals surface area contributed by atoms with Gasteiger partial charge in [-0.1, -0.05) is 84.9 Å². The molecule has 0 unspecified atom stereocenters. The molecule has 9 rings (SSSR count). The summed E-state index contributed by atoms with van der Waals surface area (Å²) < 4.78 is 7.20. The van der Waals surface area contributed by atoms with Crippen LogP contribution in [0.15, 0.2) is 133 Å². The van der Waals surface area contributed by atoms with E-state index in [9.17, 15) is 0 Å². The quantitative estimate of drug-likeness (QED) is 0.225. The minimum absolute atomic E-state index is 1.01. The summed E-state index contributed by atoms with van der Waals surface area (Å²) in [5.41, 5.74) is 10.3. The summed E-state index contributed by atoms with van der Waals surface area (Å²) in [7, 11) is 0. The number of allylic oxidation sites excluding steroid dienone is 4. The molecule has 1 aliphatic rings. The van der Waals surface area contributed by atoms with Gasteiger partial charge in [0.05, 0.1) is 38.6 Å². The number of fused-ring (bicyclic) bond motifs is 7. The molecular formula is C37H26N4. The number of rotatable bonds is 3. The molecule has 0 saturated carbocycles. The molecule has 0 aliphatic heterocycles. The van der Waals surface area contributed by atoms with E-state index in [2.05, 4.69) is 147 Å². The summed E-state index contributed by atoms with van der Waals surface area (Å²) >= 11 is 0. The van der Waals surface area contributed by atoms with E-state index in [4.69, 9.17) is 4.98 Å². The molecule has 0 spiro atoms. The predicted molar refractivity (Wildman–Crippen MR) is 171 cm³/mol. The van der Waals surface area contributed by atoms with Gasteiger partial charge in [0.15, 0.2) is 0 Å². The van der Waals surface area contributed by atoms with Gasteiger partial charge in [-0.25, -0.2) is 4.98 Å². The largest absolute Gasteiger partial charge is 0.311 e. The van der Waals surface area contributed by atoms with Crippen molar-refractivity contribution in [3.63, 3.8) is 0 Å². The van der Waals surface area contributed by atoms with E-state index >= 15 is 0 Å². The van der Waals surface area contributed by atoms with Gasteiger partial charge in [0, 0.05) is 27.5 Å². The molecule has 41 heavy (non-hydrogen) atoms. The molecule has 0 atom stereocenters. The molecule has 8 aromatic rings. The monoisotopic (exact) mass is 526 g/mol. The molecule has 4 heteroatoms. The van der Waals surface area contributed by atoms with E-state index in [0.29, 0.717) is 0 Å². The van der Waals surface area contributed by atoms with Crippen LogP contribution in [0.4, 0.5) is 0 Å². The first-order chi connectivity index (χ1) is 20.4. The van der Waals surface area contributed by atoms with Crippen molar-refractivity contribution in [3.05, 3.63) is 133 Å². The smallest absolute Gasteiger partial charge is 0.123 e. The highest BCUT2D eigenvalue weighted by molar-refractivity contribution is 6.15. The van der Waals surface area contributed by atoms with Crippen molar-refractivity contribution in [2.75, 3.05) is 0 Å². The Balaban J connectivity index is 1.46. The standard InChI is InChI=1S/C37H26N4/c1-3-14-26(15-4-1)39-31-21-11-8-18-28(31)36-33(39)24-34-37(38-36)29-19-9-12-22-32(29)41(34)35-23-25-13-7-10-20-30(25)40(35)27-16-5-2-6-17-27/h1-3,5-14,16-24H,4,15H2.